The molecule has 0 radical (unpaired) electrons. The van der Waals surface area contributed by atoms with E-state index in [9.17, 15) is 4.79 Å². The van der Waals surface area contributed by atoms with E-state index >= 15 is 0 Å². The molecule has 0 aliphatic carbocycles. The summed E-state index contributed by atoms with van der Waals surface area (Å²) in [6.45, 7) is 2.59. The number of rotatable bonds is 4. The van der Waals surface area contributed by atoms with Gasteiger partial charge in [-0.15, -0.1) is 0 Å². The van der Waals surface area contributed by atoms with E-state index in [0.717, 1.165) is 16.9 Å². The minimum Gasteiger partial charge on any atom is -0.496 e. The Balaban J connectivity index is 2.34. The first-order valence-corrected chi connectivity index (χ1v) is 6.18. The van der Waals surface area contributed by atoms with E-state index in [0.29, 0.717) is 6.54 Å². The van der Waals surface area contributed by atoms with E-state index in [1.165, 1.54) is 0 Å². The summed E-state index contributed by atoms with van der Waals surface area (Å²) in [7, 11) is 1.65. The Morgan fingerprint density at radius 3 is 2.53 bits per heavy atom. The summed E-state index contributed by atoms with van der Waals surface area (Å²) in [6, 6.07) is 9.01. The standard InChI is InChI=1S/C15H18N2O2/c1-11(16)12-3-4-15(19-2)13(9-12)10-17-7-5-14(18)6-8-17/h3-9,11H,10,16H2,1-2H3. The molecule has 100 valence electrons. The topological polar surface area (TPSA) is 57.2 Å². The molecule has 0 saturated heterocycles. The fourth-order valence-electron chi connectivity index (χ4n) is 1.95. The van der Waals surface area contributed by atoms with Gasteiger partial charge in [0.05, 0.1) is 13.7 Å². The molecule has 19 heavy (non-hydrogen) atoms. The molecule has 1 atom stereocenters. The molecule has 0 bridgehead atoms. The van der Waals surface area contributed by atoms with Crippen LogP contribution in [0, 0.1) is 0 Å². The normalized spacial score (nSPS) is 12.2. The average Bonchev–Trinajstić information content (AvgIpc) is 2.41. The molecule has 0 aliphatic rings. The molecule has 1 aromatic carbocycles. The van der Waals surface area contributed by atoms with Crippen LogP contribution in [0.3, 0.4) is 0 Å². The molecular weight excluding hydrogens is 240 g/mol. The predicted octanol–water partition coefficient (Wildman–Crippen LogP) is 1.92. The summed E-state index contributed by atoms with van der Waals surface area (Å²) in [6.07, 6.45) is 3.53. The lowest BCUT2D eigenvalue weighted by Crippen LogP contribution is -2.09. The molecule has 0 aliphatic heterocycles. The first-order chi connectivity index (χ1) is 9.10. The molecule has 0 spiro atoms. The van der Waals surface area contributed by atoms with E-state index in [1.54, 1.807) is 31.6 Å². The van der Waals surface area contributed by atoms with Crippen molar-refractivity contribution in [2.45, 2.75) is 19.5 Å². The summed E-state index contributed by atoms with van der Waals surface area (Å²) < 4.78 is 7.29. The summed E-state index contributed by atoms with van der Waals surface area (Å²) in [5, 5.41) is 0. The first kappa shape index (κ1) is 13.4. The van der Waals surface area contributed by atoms with Crippen LogP contribution < -0.4 is 15.9 Å². The maximum atomic E-state index is 11.1. The van der Waals surface area contributed by atoms with Gasteiger partial charge in [-0.25, -0.2) is 0 Å². The van der Waals surface area contributed by atoms with E-state index in [1.807, 2.05) is 29.7 Å². The van der Waals surface area contributed by atoms with Crippen molar-refractivity contribution in [3.63, 3.8) is 0 Å². The van der Waals surface area contributed by atoms with Gasteiger partial charge in [-0.1, -0.05) is 6.07 Å². The maximum absolute atomic E-state index is 11.1. The molecule has 0 saturated carbocycles. The second-order valence-electron chi connectivity index (χ2n) is 4.57. The van der Waals surface area contributed by atoms with Crippen molar-refractivity contribution in [1.82, 2.24) is 4.57 Å². The Morgan fingerprint density at radius 2 is 1.95 bits per heavy atom. The molecule has 1 aromatic heterocycles. The Hall–Kier alpha value is -2.07. The van der Waals surface area contributed by atoms with Gasteiger partial charge in [-0.2, -0.15) is 0 Å². The van der Waals surface area contributed by atoms with E-state index in [-0.39, 0.29) is 11.5 Å². The van der Waals surface area contributed by atoms with Gasteiger partial charge in [-0.3, -0.25) is 4.79 Å². The van der Waals surface area contributed by atoms with Crippen LogP contribution >= 0.6 is 0 Å². The zero-order chi connectivity index (χ0) is 13.8. The zero-order valence-electron chi connectivity index (χ0n) is 11.2. The number of hydrogen-bond donors (Lipinski definition) is 1. The van der Waals surface area contributed by atoms with Crippen molar-refractivity contribution in [2.24, 2.45) is 5.73 Å². The molecule has 4 heteroatoms. The second kappa shape index (κ2) is 5.71. The molecule has 1 unspecified atom stereocenters. The van der Waals surface area contributed by atoms with Gasteiger partial charge in [0.15, 0.2) is 5.43 Å². The van der Waals surface area contributed by atoms with Crippen molar-refractivity contribution in [1.29, 1.82) is 0 Å². The molecule has 4 nitrogen and oxygen atoms in total. The van der Waals surface area contributed by atoms with Crippen molar-refractivity contribution in [3.8, 4) is 5.75 Å². The van der Waals surface area contributed by atoms with Gasteiger partial charge in [0, 0.05) is 36.1 Å². The third-order valence-corrected chi connectivity index (χ3v) is 3.04. The Morgan fingerprint density at radius 1 is 1.26 bits per heavy atom. The fourth-order valence-corrected chi connectivity index (χ4v) is 1.95. The largest absolute Gasteiger partial charge is 0.496 e. The molecule has 2 N–H and O–H groups in total. The maximum Gasteiger partial charge on any atom is 0.181 e. The van der Waals surface area contributed by atoms with Gasteiger partial charge >= 0.3 is 0 Å². The van der Waals surface area contributed by atoms with E-state index in [4.69, 9.17) is 10.5 Å². The van der Waals surface area contributed by atoms with Crippen LogP contribution in [0.2, 0.25) is 0 Å². The highest BCUT2D eigenvalue weighted by Gasteiger charge is 2.07. The lowest BCUT2D eigenvalue weighted by molar-refractivity contribution is 0.408. The van der Waals surface area contributed by atoms with Gasteiger partial charge in [0.25, 0.3) is 0 Å². The average molecular weight is 258 g/mol. The van der Waals surface area contributed by atoms with E-state index < -0.39 is 0 Å². The van der Waals surface area contributed by atoms with Gasteiger partial charge in [-0.05, 0) is 24.6 Å². The second-order valence-corrected chi connectivity index (χ2v) is 4.57. The fraction of sp³-hybridized carbons (Fsp3) is 0.267. The first-order valence-electron chi connectivity index (χ1n) is 6.18. The highest BCUT2D eigenvalue weighted by molar-refractivity contribution is 5.38. The summed E-state index contributed by atoms with van der Waals surface area (Å²) in [5.74, 6) is 0.822. The highest BCUT2D eigenvalue weighted by atomic mass is 16.5. The monoisotopic (exact) mass is 258 g/mol. The van der Waals surface area contributed by atoms with Crippen LogP contribution in [0.15, 0.2) is 47.5 Å². The van der Waals surface area contributed by atoms with Crippen molar-refractivity contribution in [2.75, 3.05) is 7.11 Å². The van der Waals surface area contributed by atoms with Crippen molar-refractivity contribution < 1.29 is 4.74 Å². The third-order valence-electron chi connectivity index (χ3n) is 3.04. The summed E-state index contributed by atoms with van der Waals surface area (Å²) in [4.78, 5) is 11.1. The van der Waals surface area contributed by atoms with Crippen LogP contribution in [0.1, 0.15) is 24.1 Å². The molecule has 0 amide bonds. The number of ether oxygens (including phenoxy) is 1. The van der Waals surface area contributed by atoms with Crippen LogP contribution in [0.5, 0.6) is 5.75 Å². The van der Waals surface area contributed by atoms with Crippen molar-refractivity contribution in [3.05, 3.63) is 64.1 Å². The van der Waals surface area contributed by atoms with Gasteiger partial charge in [0.1, 0.15) is 5.75 Å². The van der Waals surface area contributed by atoms with Crippen LogP contribution in [-0.2, 0) is 6.54 Å². The number of hydrogen-bond acceptors (Lipinski definition) is 3. The van der Waals surface area contributed by atoms with Gasteiger partial charge in [0.2, 0.25) is 0 Å². The molecule has 0 fully saturated rings. The Labute approximate surface area is 112 Å². The number of nitrogens with two attached hydrogens (primary N) is 1. The number of benzene rings is 1. The predicted molar refractivity (Wildman–Crippen MR) is 75.4 cm³/mol. The molecule has 2 aromatic rings. The SMILES string of the molecule is COc1ccc(C(C)N)cc1Cn1ccc(=O)cc1. The quantitative estimate of drug-likeness (QED) is 0.911. The number of aromatic nitrogens is 1. The van der Waals surface area contributed by atoms with Crippen molar-refractivity contribution >= 4 is 0 Å². The minimum atomic E-state index is -0.0151. The zero-order valence-corrected chi connectivity index (χ0v) is 11.2. The Kier molecular flexibility index (Phi) is 4.02. The van der Waals surface area contributed by atoms with Gasteiger partial charge < -0.3 is 15.0 Å². The van der Waals surface area contributed by atoms with Crippen LogP contribution in [0.25, 0.3) is 0 Å². The lowest BCUT2D eigenvalue weighted by atomic mass is 10.0. The van der Waals surface area contributed by atoms with Crippen LogP contribution in [-0.4, -0.2) is 11.7 Å². The molecular formula is C15H18N2O2. The lowest BCUT2D eigenvalue weighted by Gasteiger charge is -2.14. The third kappa shape index (κ3) is 3.23. The highest BCUT2D eigenvalue weighted by Crippen LogP contribution is 2.23. The molecule has 2 rings (SSSR count). The molecule has 1 heterocycles. The number of pyridine rings is 1. The Bertz CT molecular complexity index is 597. The smallest absolute Gasteiger partial charge is 0.181 e. The minimum absolute atomic E-state index is 0.00699. The van der Waals surface area contributed by atoms with E-state index in [2.05, 4.69) is 0 Å². The number of nitrogens with zero attached hydrogens (tertiary/aromatic N) is 1. The summed E-state index contributed by atoms with van der Waals surface area (Å²) in [5.41, 5.74) is 8.01. The van der Waals surface area contributed by atoms with Crippen LogP contribution in [0.4, 0.5) is 0 Å². The number of methoxy groups -OCH3 is 1. The summed E-state index contributed by atoms with van der Waals surface area (Å²) >= 11 is 0.